The lowest BCUT2D eigenvalue weighted by atomic mass is 10.0. The third kappa shape index (κ3) is 4.29. The minimum absolute atomic E-state index is 0.337. The summed E-state index contributed by atoms with van der Waals surface area (Å²) in [4.78, 5) is 32.1. The Balaban J connectivity index is 1.69. The number of carbonyl (C=O) groups is 2. The number of hydrogen-bond acceptors (Lipinski definition) is 3. The van der Waals surface area contributed by atoms with Crippen LogP contribution in [0, 0.1) is 6.92 Å². The summed E-state index contributed by atoms with van der Waals surface area (Å²) in [5.41, 5.74) is 4.46. The molecule has 1 aliphatic heterocycles. The largest absolute Gasteiger partial charge is 0.321 e. The number of para-hydroxylation sites is 1. The van der Waals surface area contributed by atoms with Gasteiger partial charge >= 0.3 is 6.03 Å². The highest BCUT2D eigenvalue weighted by Gasteiger charge is 2.31. The highest BCUT2D eigenvalue weighted by atomic mass is 35.5. The van der Waals surface area contributed by atoms with Gasteiger partial charge in [-0.3, -0.25) is 4.79 Å². The smallest absolute Gasteiger partial charge is 0.311 e. The molecule has 2 N–H and O–H groups in total. The van der Waals surface area contributed by atoms with E-state index in [1.54, 1.807) is 19.2 Å². The summed E-state index contributed by atoms with van der Waals surface area (Å²) in [6.07, 6.45) is -1.09. The zero-order valence-corrected chi connectivity index (χ0v) is 17.9. The normalized spacial score (nSPS) is 15.6. The molecule has 1 aliphatic rings. The van der Waals surface area contributed by atoms with Crippen LogP contribution in [0.5, 0.6) is 0 Å². The molecule has 1 heterocycles. The Hall–Kier alpha value is -3.64. The van der Waals surface area contributed by atoms with Gasteiger partial charge in [-0.1, -0.05) is 66.2 Å². The molecule has 0 aliphatic carbocycles. The number of aryl methyl sites for hydroxylation is 1. The molecule has 0 unspecified atom stereocenters. The van der Waals surface area contributed by atoms with Crippen molar-refractivity contribution >= 4 is 40.6 Å². The number of nitrogens with zero attached hydrogens (tertiary/aromatic N) is 2. The molecule has 6 nitrogen and oxygen atoms in total. The van der Waals surface area contributed by atoms with Crippen molar-refractivity contribution in [1.82, 2.24) is 5.32 Å². The van der Waals surface area contributed by atoms with Gasteiger partial charge in [0.15, 0.2) is 0 Å². The van der Waals surface area contributed by atoms with Crippen LogP contribution in [-0.4, -0.2) is 30.9 Å². The van der Waals surface area contributed by atoms with Crippen molar-refractivity contribution < 1.29 is 9.59 Å². The summed E-state index contributed by atoms with van der Waals surface area (Å²) >= 11 is 6.04. The van der Waals surface area contributed by atoms with Crippen molar-refractivity contribution in [2.45, 2.75) is 13.1 Å². The molecule has 0 radical (unpaired) electrons. The lowest BCUT2D eigenvalue weighted by molar-refractivity contribution is -0.119. The monoisotopic (exact) mass is 432 g/mol. The van der Waals surface area contributed by atoms with Gasteiger partial charge in [0.05, 0.1) is 11.4 Å². The molecule has 0 bridgehead atoms. The van der Waals surface area contributed by atoms with Gasteiger partial charge in [0, 0.05) is 28.9 Å². The Labute approximate surface area is 185 Å². The highest BCUT2D eigenvalue weighted by Crippen LogP contribution is 2.27. The molecular formula is C24H21ClN4O2. The van der Waals surface area contributed by atoms with Gasteiger partial charge in [-0.05, 0) is 30.7 Å². The number of hydrogen-bond donors (Lipinski definition) is 2. The number of urea groups is 1. The molecule has 31 heavy (non-hydrogen) atoms. The third-order valence-electron chi connectivity index (χ3n) is 5.11. The lowest BCUT2D eigenvalue weighted by Gasteiger charge is -2.21. The minimum atomic E-state index is -1.09. The van der Waals surface area contributed by atoms with E-state index in [1.807, 2.05) is 67.6 Å². The van der Waals surface area contributed by atoms with Crippen molar-refractivity contribution in [1.29, 1.82) is 0 Å². The summed E-state index contributed by atoms with van der Waals surface area (Å²) in [6.45, 7) is 1.86. The molecule has 3 amide bonds. The van der Waals surface area contributed by atoms with Crippen LogP contribution in [0.4, 0.5) is 16.2 Å². The number of nitrogens with one attached hydrogen (secondary N) is 2. The minimum Gasteiger partial charge on any atom is -0.311 e. The molecule has 1 atom stereocenters. The van der Waals surface area contributed by atoms with Gasteiger partial charge in [0.25, 0.3) is 5.91 Å². The van der Waals surface area contributed by atoms with Gasteiger partial charge in [-0.2, -0.15) is 0 Å². The summed E-state index contributed by atoms with van der Waals surface area (Å²) in [7, 11) is 1.68. The Morgan fingerprint density at radius 3 is 2.52 bits per heavy atom. The Kier molecular flexibility index (Phi) is 5.73. The van der Waals surface area contributed by atoms with E-state index in [2.05, 4.69) is 15.6 Å². The van der Waals surface area contributed by atoms with Crippen molar-refractivity contribution in [3.63, 3.8) is 0 Å². The van der Waals surface area contributed by atoms with Crippen LogP contribution < -0.4 is 15.5 Å². The summed E-state index contributed by atoms with van der Waals surface area (Å²) < 4.78 is 0. The van der Waals surface area contributed by atoms with E-state index in [0.717, 1.165) is 22.4 Å². The zero-order valence-electron chi connectivity index (χ0n) is 17.1. The van der Waals surface area contributed by atoms with Crippen LogP contribution in [0.1, 0.15) is 16.7 Å². The van der Waals surface area contributed by atoms with Crippen LogP contribution in [-0.2, 0) is 4.79 Å². The SMILES string of the molecule is Cc1ccc(Cl)cc1NC(=O)N[C@@H]1N=C(c2ccccc2)c2ccccc2N(C)C1=O. The molecular weight excluding hydrogens is 412 g/mol. The average Bonchev–Trinajstić information content (AvgIpc) is 2.88. The second-order valence-corrected chi connectivity index (χ2v) is 7.65. The Morgan fingerprint density at radius 2 is 1.74 bits per heavy atom. The number of carbonyl (C=O) groups excluding carboxylic acids is 2. The van der Waals surface area contributed by atoms with E-state index >= 15 is 0 Å². The quantitative estimate of drug-likeness (QED) is 0.634. The number of likely N-dealkylation sites (N-methyl/N-ethyl adjacent to an activating group) is 1. The summed E-state index contributed by atoms with van der Waals surface area (Å²) in [5, 5.41) is 5.96. The molecule has 0 aromatic heterocycles. The maximum absolute atomic E-state index is 13.1. The first-order valence-corrected chi connectivity index (χ1v) is 10.2. The van der Waals surface area contributed by atoms with E-state index in [0.29, 0.717) is 16.4 Å². The molecule has 3 aromatic rings. The van der Waals surface area contributed by atoms with E-state index in [1.165, 1.54) is 4.90 Å². The predicted molar refractivity (Wildman–Crippen MR) is 124 cm³/mol. The average molecular weight is 433 g/mol. The van der Waals surface area contributed by atoms with Crippen LogP contribution in [0.15, 0.2) is 77.8 Å². The summed E-state index contributed by atoms with van der Waals surface area (Å²) in [6, 6.07) is 21.8. The second kappa shape index (κ2) is 8.62. The standard InChI is InChI=1S/C24H21ClN4O2/c1-15-12-13-17(25)14-19(15)26-24(31)28-22-23(30)29(2)20-11-7-6-10-18(20)21(27-22)16-8-4-3-5-9-16/h3-14,22H,1-2H3,(H2,26,28,31)/t22-/m0/s1. The Bertz CT molecular complexity index is 1180. The number of amides is 3. The van der Waals surface area contributed by atoms with Crippen LogP contribution >= 0.6 is 11.6 Å². The first kappa shape index (κ1) is 20.6. The number of rotatable bonds is 3. The number of fused-ring (bicyclic) bond motifs is 1. The maximum atomic E-state index is 13.1. The fourth-order valence-corrected chi connectivity index (χ4v) is 3.63. The van der Waals surface area contributed by atoms with E-state index in [-0.39, 0.29) is 5.91 Å². The molecule has 7 heteroatoms. The van der Waals surface area contributed by atoms with Crippen molar-refractivity contribution in [2.24, 2.45) is 4.99 Å². The number of benzene rings is 3. The molecule has 0 saturated heterocycles. The molecule has 3 aromatic carbocycles. The topological polar surface area (TPSA) is 73.8 Å². The highest BCUT2D eigenvalue weighted by molar-refractivity contribution is 6.31. The third-order valence-corrected chi connectivity index (χ3v) is 5.34. The van der Waals surface area contributed by atoms with Gasteiger partial charge < -0.3 is 15.5 Å². The lowest BCUT2D eigenvalue weighted by Crippen LogP contribution is -2.47. The van der Waals surface area contributed by atoms with Gasteiger partial charge in [0.1, 0.15) is 0 Å². The van der Waals surface area contributed by atoms with Crippen LogP contribution in [0.25, 0.3) is 0 Å². The van der Waals surface area contributed by atoms with Crippen LogP contribution in [0.2, 0.25) is 5.02 Å². The van der Waals surface area contributed by atoms with Crippen molar-refractivity contribution in [3.8, 4) is 0 Å². The zero-order chi connectivity index (χ0) is 22.0. The van der Waals surface area contributed by atoms with Gasteiger partial charge in [-0.25, -0.2) is 9.79 Å². The number of aliphatic imine (C=N–C) groups is 1. The Morgan fingerprint density at radius 1 is 1.03 bits per heavy atom. The first-order chi connectivity index (χ1) is 14.9. The van der Waals surface area contributed by atoms with Gasteiger partial charge in [0.2, 0.25) is 6.17 Å². The number of halogens is 1. The number of benzodiazepines with no additional fused rings is 1. The fraction of sp³-hybridized carbons (Fsp3) is 0.125. The number of anilines is 2. The molecule has 0 saturated carbocycles. The first-order valence-electron chi connectivity index (χ1n) is 9.78. The maximum Gasteiger partial charge on any atom is 0.321 e. The second-order valence-electron chi connectivity index (χ2n) is 7.22. The van der Waals surface area contributed by atoms with E-state index in [4.69, 9.17) is 11.6 Å². The van der Waals surface area contributed by atoms with Crippen molar-refractivity contribution in [2.75, 3.05) is 17.3 Å². The molecule has 156 valence electrons. The van der Waals surface area contributed by atoms with E-state index in [9.17, 15) is 9.59 Å². The molecule has 4 rings (SSSR count). The van der Waals surface area contributed by atoms with Crippen molar-refractivity contribution in [3.05, 3.63) is 94.5 Å². The molecule has 0 fully saturated rings. The van der Waals surface area contributed by atoms with Gasteiger partial charge in [-0.15, -0.1) is 0 Å². The van der Waals surface area contributed by atoms with E-state index < -0.39 is 12.2 Å². The fourth-order valence-electron chi connectivity index (χ4n) is 3.45. The summed E-state index contributed by atoms with van der Waals surface area (Å²) in [5.74, 6) is -0.337. The predicted octanol–water partition coefficient (Wildman–Crippen LogP) is 4.61. The molecule has 0 spiro atoms. The van der Waals surface area contributed by atoms with Crippen LogP contribution in [0.3, 0.4) is 0 Å².